The largest absolute Gasteiger partial charge is 0.392 e. The van der Waals surface area contributed by atoms with Gasteiger partial charge in [-0.1, -0.05) is 11.6 Å². The first-order chi connectivity index (χ1) is 15.9. The number of nitrogens with zero attached hydrogens (tertiary/aromatic N) is 5. The van der Waals surface area contributed by atoms with Gasteiger partial charge in [0.05, 0.1) is 16.8 Å². The molecule has 4 aromatic rings. The molecule has 9 heteroatoms. The molecule has 3 heterocycles. The summed E-state index contributed by atoms with van der Waals surface area (Å²) in [6.07, 6.45) is 6.38. The highest BCUT2D eigenvalue weighted by atomic mass is 35.5. The van der Waals surface area contributed by atoms with Crippen molar-refractivity contribution < 1.29 is 5.11 Å². The topological polar surface area (TPSA) is 92.8 Å². The fourth-order valence-corrected chi connectivity index (χ4v) is 4.76. The molecule has 3 aromatic heterocycles. The maximum Gasteiger partial charge on any atom is 0.229 e. The summed E-state index contributed by atoms with van der Waals surface area (Å²) in [4.78, 5) is 9.02. The number of rotatable bonds is 6. The lowest BCUT2D eigenvalue weighted by molar-refractivity contribution is 0.148. The van der Waals surface area contributed by atoms with Crippen LogP contribution in [0.2, 0.25) is 5.02 Å². The SMILES string of the molecule is Cc1nn(-c2ccnc(Nc3ccc4c(c3)c(Cl)c(C)n4C)n2)cc1CNC1CCCC1O. The normalized spacial score (nSPS) is 18.3. The average Bonchev–Trinajstić information content (AvgIpc) is 3.46. The highest BCUT2D eigenvalue weighted by Crippen LogP contribution is 2.32. The minimum absolute atomic E-state index is 0.154. The molecule has 0 aliphatic heterocycles. The van der Waals surface area contributed by atoms with Gasteiger partial charge >= 0.3 is 0 Å². The highest BCUT2D eigenvalue weighted by molar-refractivity contribution is 6.36. The molecule has 1 aromatic carbocycles. The molecule has 0 radical (unpaired) electrons. The van der Waals surface area contributed by atoms with E-state index in [9.17, 15) is 5.11 Å². The van der Waals surface area contributed by atoms with Crippen molar-refractivity contribution in [2.45, 2.75) is 51.8 Å². The summed E-state index contributed by atoms with van der Waals surface area (Å²) in [5.41, 5.74) is 4.99. The number of anilines is 2. The second kappa shape index (κ2) is 8.78. The third-order valence-corrected chi connectivity index (χ3v) is 7.06. The van der Waals surface area contributed by atoms with E-state index in [0.29, 0.717) is 18.3 Å². The number of aromatic nitrogens is 5. The van der Waals surface area contributed by atoms with E-state index in [0.717, 1.165) is 57.8 Å². The van der Waals surface area contributed by atoms with Crippen molar-refractivity contribution in [3.05, 3.63) is 58.6 Å². The van der Waals surface area contributed by atoms with Crippen molar-refractivity contribution in [1.29, 1.82) is 0 Å². The van der Waals surface area contributed by atoms with Crippen LogP contribution >= 0.6 is 11.6 Å². The van der Waals surface area contributed by atoms with Crippen LogP contribution in [0.4, 0.5) is 11.6 Å². The molecular formula is C24H28ClN7O. The van der Waals surface area contributed by atoms with Gasteiger partial charge in [0.1, 0.15) is 0 Å². The Balaban J connectivity index is 1.34. The molecule has 0 bridgehead atoms. The Hall–Kier alpha value is -2.94. The zero-order chi connectivity index (χ0) is 23.1. The van der Waals surface area contributed by atoms with E-state index >= 15 is 0 Å². The Bertz CT molecular complexity index is 1310. The van der Waals surface area contributed by atoms with Crippen LogP contribution in [0.1, 0.15) is 36.2 Å². The molecule has 1 aliphatic rings. The molecule has 0 spiro atoms. The summed E-state index contributed by atoms with van der Waals surface area (Å²) in [6.45, 7) is 4.66. The van der Waals surface area contributed by atoms with E-state index in [-0.39, 0.29) is 12.1 Å². The van der Waals surface area contributed by atoms with Gasteiger partial charge in [-0.2, -0.15) is 10.1 Å². The lowest BCUT2D eigenvalue weighted by Crippen LogP contribution is -2.35. The summed E-state index contributed by atoms with van der Waals surface area (Å²) in [5.74, 6) is 1.16. The standard InChI is InChI=1S/C24H28ClN7O/c1-14-16(12-27-19-5-4-6-21(19)33)13-32(30-14)22-9-10-26-24(29-22)28-17-7-8-20-18(11-17)23(25)15(2)31(20)3/h7-11,13,19,21,27,33H,4-6,12H2,1-3H3,(H,26,28,29). The van der Waals surface area contributed by atoms with Gasteiger partial charge in [-0.3, -0.25) is 0 Å². The Labute approximate surface area is 197 Å². The summed E-state index contributed by atoms with van der Waals surface area (Å²) in [5, 5.41) is 23.2. The molecule has 5 rings (SSSR count). The van der Waals surface area contributed by atoms with E-state index in [1.807, 2.05) is 51.4 Å². The minimum Gasteiger partial charge on any atom is -0.392 e. The van der Waals surface area contributed by atoms with Crippen molar-refractivity contribution in [2.75, 3.05) is 5.32 Å². The van der Waals surface area contributed by atoms with Crippen LogP contribution in [0.5, 0.6) is 0 Å². The molecular weight excluding hydrogens is 438 g/mol. The average molecular weight is 466 g/mol. The number of benzene rings is 1. The lowest BCUT2D eigenvalue weighted by Gasteiger charge is -2.15. The smallest absolute Gasteiger partial charge is 0.229 e. The number of hydrogen-bond acceptors (Lipinski definition) is 6. The van der Waals surface area contributed by atoms with Crippen LogP contribution in [0, 0.1) is 13.8 Å². The van der Waals surface area contributed by atoms with E-state index in [2.05, 4.69) is 30.3 Å². The molecule has 1 fully saturated rings. The van der Waals surface area contributed by atoms with Crippen molar-refractivity contribution >= 4 is 34.1 Å². The van der Waals surface area contributed by atoms with Gasteiger partial charge in [-0.15, -0.1) is 0 Å². The maximum absolute atomic E-state index is 10.0. The van der Waals surface area contributed by atoms with Crippen molar-refractivity contribution in [2.24, 2.45) is 7.05 Å². The number of halogens is 1. The van der Waals surface area contributed by atoms with Crippen molar-refractivity contribution in [1.82, 2.24) is 29.6 Å². The molecule has 33 heavy (non-hydrogen) atoms. The number of aryl methyl sites for hydroxylation is 2. The number of aliphatic hydroxyl groups excluding tert-OH is 1. The first-order valence-corrected chi connectivity index (χ1v) is 11.6. The van der Waals surface area contributed by atoms with Crippen LogP contribution in [-0.4, -0.2) is 41.6 Å². The molecule has 0 amide bonds. The fraction of sp³-hybridized carbons (Fsp3) is 0.375. The maximum atomic E-state index is 10.0. The lowest BCUT2D eigenvalue weighted by atomic mass is 10.2. The third-order valence-electron chi connectivity index (χ3n) is 6.58. The number of nitrogens with one attached hydrogen (secondary N) is 2. The molecule has 2 unspecified atom stereocenters. The quantitative estimate of drug-likeness (QED) is 0.395. The first kappa shape index (κ1) is 21.9. The number of aliphatic hydroxyl groups is 1. The summed E-state index contributed by atoms with van der Waals surface area (Å²) >= 11 is 6.51. The monoisotopic (exact) mass is 465 g/mol. The van der Waals surface area contributed by atoms with E-state index in [1.165, 1.54) is 0 Å². The van der Waals surface area contributed by atoms with Crippen LogP contribution in [0.15, 0.2) is 36.7 Å². The summed E-state index contributed by atoms with van der Waals surface area (Å²) in [7, 11) is 2.01. The molecule has 3 N–H and O–H groups in total. The predicted molar refractivity (Wildman–Crippen MR) is 130 cm³/mol. The van der Waals surface area contributed by atoms with Gasteiger partial charge in [-0.25, -0.2) is 9.67 Å². The Morgan fingerprint density at radius 2 is 2.06 bits per heavy atom. The van der Waals surface area contributed by atoms with Gasteiger partial charge in [0.15, 0.2) is 5.82 Å². The second-order valence-corrected chi connectivity index (χ2v) is 9.10. The van der Waals surface area contributed by atoms with E-state index in [4.69, 9.17) is 11.6 Å². The number of fused-ring (bicyclic) bond motifs is 1. The highest BCUT2D eigenvalue weighted by Gasteiger charge is 2.24. The molecule has 1 aliphatic carbocycles. The third kappa shape index (κ3) is 4.21. The minimum atomic E-state index is -0.259. The van der Waals surface area contributed by atoms with Gasteiger partial charge in [0, 0.05) is 65.9 Å². The molecule has 1 saturated carbocycles. The van der Waals surface area contributed by atoms with E-state index in [1.54, 1.807) is 10.9 Å². The predicted octanol–water partition coefficient (Wildman–Crippen LogP) is 4.17. The van der Waals surface area contributed by atoms with Gasteiger partial charge < -0.3 is 20.3 Å². The van der Waals surface area contributed by atoms with Crippen LogP contribution in [0.25, 0.3) is 16.7 Å². The fourth-order valence-electron chi connectivity index (χ4n) is 4.48. The molecule has 2 atom stereocenters. The second-order valence-electron chi connectivity index (χ2n) is 8.72. The first-order valence-electron chi connectivity index (χ1n) is 11.2. The molecule has 8 nitrogen and oxygen atoms in total. The molecule has 0 saturated heterocycles. The zero-order valence-electron chi connectivity index (χ0n) is 19.0. The number of hydrogen-bond donors (Lipinski definition) is 3. The van der Waals surface area contributed by atoms with Gasteiger partial charge in [-0.05, 0) is 51.3 Å². The Kier molecular flexibility index (Phi) is 5.82. The van der Waals surface area contributed by atoms with Crippen LogP contribution < -0.4 is 10.6 Å². The molecule has 172 valence electrons. The van der Waals surface area contributed by atoms with Crippen LogP contribution in [0.3, 0.4) is 0 Å². The summed E-state index contributed by atoms with van der Waals surface area (Å²) in [6, 6.07) is 8.03. The Morgan fingerprint density at radius 1 is 1.21 bits per heavy atom. The van der Waals surface area contributed by atoms with Crippen molar-refractivity contribution in [3.63, 3.8) is 0 Å². The van der Waals surface area contributed by atoms with Gasteiger partial charge in [0.25, 0.3) is 0 Å². The summed E-state index contributed by atoms with van der Waals surface area (Å²) < 4.78 is 3.85. The van der Waals surface area contributed by atoms with E-state index < -0.39 is 0 Å². The van der Waals surface area contributed by atoms with Gasteiger partial charge in [0.2, 0.25) is 5.95 Å². The van der Waals surface area contributed by atoms with Crippen LogP contribution in [-0.2, 0) is 13.6 Å². The zero-order valence-corrected chi connectivity index (χ0v) is 19.8. The Morgan fingerprint density at radius 3 is 2.85 bits per heavy atom. The van der Waals surface area contributed by atoms with Crippen molar-refractivity contribution in [3.8, 4) is 5.82 Å².